The highest BCUT2D eigenvalue weighted by atomic mass is 13.6. The second-order valence-corrected chi connectivity index (χ2v) is 0.895. The highest BCUT2D eigenvalue weighted by molar-refractivity contribution is 4.90. The van der Waals surface area contributed by atoms with E-state index in [1.165, 1.54) is 0 Å². The molecule has 0 spiro atoms. The van der Waals surface area contributed by atoms with Crippen molar-refractivity contribution in [2.24, 2.45) is 0 Å². The summed E-state index contributed by atoms with van der Waals surface area (Å²) in [6.07, 6.45) is 7.07. The van der Waals surface area contributed by atoms with Gasteiger partial charge in [0.1, 0.15) is 0 Å². The van der Waals surface area contributed by atoms with Crippen LogP contribution in [-0.2, 0) is 0 Å². The zero-order chi connectivity index (χ0) is 4.83. The fraction of sp³-hybridized carbons (Fsp3) is 0.167. The largest absolute Gasteiger partial charge is 0.0912 e. The molecule has 0 amide bonds. The van der Waals surface area contributed by atoms with Gasteiger partial charge < -0.3 is 0 Å². The molecule has 0 rings (SSSR count). The highest BCUT2D eigenvalue weighted by Crippen LogP contribution is 1.75. The molecule has 0 fully saturated rings. The first kappa shape index (κ1) is 5.48. The molecule has 0 aromatic rings. The molecule has 0 aromatic heterocycles. The molecule has 0 atom stereocenters. The van der Waals surface area contributed by atoms with Gasteiger partial charge in [0.2, 0.25) is 0 Å². The number of hydrogen-bond donors (Lipinski definition) is 0. The second-order valence-electron chi connectivity index (χ2n) is 0.895. The number of hydrogen-bond acceptors (Lipinski definition) is 0. The number of allylic oxidation sites excluding steroid dienone is 3. The fourth-order valence-corrected chi connectivity index (χ4v) is 0.167. The summed E-state index contributed by atoms with van der Waals surface area (Å²) < 4.78 is 0. The zero-order valence-corrected chi connectivity index (χ0v) is 3.78. The van der Waals surface area contributed by atoms with Crippen molar-refractivity contribution in [1.29, 1.82) is 0 Å². The minimum absolute atomic E-state index is 0.822. The van der Waals surface area contributed by atoms with E-state index in [0.717, 1.165) is 6.42 Å². The van der Waals surface area contributed by atoms with E-state index in [-0.39, 0.29) is 0 Å². The molecule has 0 N–H and O–H groups in total. The van der Waals surface area contributed by atoms with Gasteiger partial charge in [-0.3, -0.25) is 0 Å². The van der Waals surface area contributed by atoms with Crippen molar-refractivity contribution in [2.75, 3.05) is 0 Å². The normalized spacial score (nSPS) is 9.50. The van der Waals surface area contributed by atoms with Gasteiger partial charge in [-0.25, -0.2) is 0 Å². The van der Waals surface area contributed by atoms with E-state index in [9.17, 15) is 0 Å². The lowest BCUT2D eigenvalue weighted by Crippen LogP contribution is -1.47. The predicted molar refractivity (Wildman–Crippen MR) is 28.0 cm³/mol. The van der Waals surface area contributed by atoms with Crippen LogP contribution in [0.2, 0.25) is 0 Å². The Morgan fingerprint density at radius 1 is 1.67 bits per heavy atom. The summed E-state index contributed by atoms with van der Waals surface area (Å²) in [4.78, 5) is 0. The average Bonchev–Trinajstić information content (AvgIpc) is 1.61. The van der Waals surface area contributed by atoms with E-state index in [4.69, 9.17) is 0 Å². The van der Waals surface area contributed by atoms with Gasteiger partial charge >= 0.3 is 0 Å². The molecule has 0 saturated heterocycles. The van der Waals surface area contributed by atoms with Crippen molar-refractivity contribution in [3.05, 3.63) is 31.7 Å². The molecule has 0 aromatic carbocycles. The Kier molecular flexibility index (Phi) is 4.09. The van der Waals surface area contributed by atoms with Crippen LogP contribution in [0.3, 0.4) is 0 Å². The Morgan fingerprint density at radius 2 is 2.33 bits per heavy atom. The fourth-order valence-electron chi connectivity index (χ4n) is 0.167. The summed E-state index contributed by atoms with van der Waals surface area (Å²) in [6.45, 7) is 6.93. The maximum Gasteiger partial charge on any atom is -0.0265 e. The van der Waals surface area contributed by atoms with Crippen molar-refractivity contribution >= 4 is 0 Å². The molecule has 0 saturated carbocycles. The van der Waals surface area contributed by atoms with E-state index in [0.29, 0.717) is 0 Å². The average molecular weight is 80.1 g/mol. The molecule has 6 heavy (non-hydrogen) atoms. The minimum atomic E-state index is 0.822. The second kappa shape index (κ2) is 4.48. The van der Waals surface area contributed by atoms with E-state index in [1.54, 1.807) is 6.08 Å². The Labute approximate surface area is 39.2 Å². The van der Waals surface area contributed by atoms with Crippen LogP contribution in [0, 0.1) is 13.0 Å². The molecule has 0 heterocycles. The van der Waals surface area contributed by atoms with Crippen LogP contribution in [0.1, 0.15) is 6.42 Å². The van der Waals surface area contributed by atoms with Gasteiger partial charge in [-0.1, -0.05) is 18.7 Å². The Balaban J connectivity index is 2.94. The number of rotatable bonds is 2. The zero-order valence-electron chi connectivity index (χ0n) is 3.78. The van der Waals surface area contributed by atoms with Gasteiger partial charge in [-0.15, -0.1) is 0 Å². The summed E-state index contributed by atoms with van der Waals surface area (Å²) in [7, 11) is 0. The molecule has 0 bridgehead atoms. The van der Waals surface area contributed by atoms with E-state index < -0.39 is 0 Å². The lowest BCUT2D eigenvalue weighted by Gasteiger charge is -1.66. The van der Waals surface area contributed by atoms with Crippen molar-refractivity contribution < 1.29 is 0 Å². The Bertz CT molecular complexity index is 51.1. The molecule has 0 aliphatic carbocycles. The van der Waals surface area contributed by atoms with Crippen LogP contribution in [0.5, 0.6) is 0 Å². The maximum atomic E-state index is 3.57. The third-order valence-electron chi connectivity index (χ3n) is 0.402. The van der Waals surface area contributed by atoms with Crippen LogP contribution in [0.4, 0.5) is 0 Å². The first-order valence-electron chi connectivity index (χ1n) is 1.88. The van der Waals surface area contributed by atoms with Gasteiger partial charge in [-0.2, -0.15) is 0 Å². The molecule has 0 unspecified atom stereocenters. The van der Waals surface area contributed by atoms with Crippen LogP contribution in [0.15, 0.2) is 18.7 Å². The maximum absolute atomic E-state index is 3.57. The molecular formula is C6H8. The van der Waals surface area contributed by atoms with Crippen molar-refractivity contribution in [1.82, 2.24) is 0 Å². The van der Waals surface area contributed by atoms with Crippen LogP contribution < -0.4 is 0 Å². The summed E-state index contributed by atoms with van der Waals surface area (Å²) in [6, 6.07) is 0. The third kappa shape index (κ3) is 3.48. The van der Waals surface area contributed by atoms with Crippen LogP contribution >= 0.6 is 0 Å². The van der Waals surface area contributed by atoms with Gasteiger partial charge in [0.25, 0.3) is 0 Å². The molecule has 0 aliphatic rings. The van der Waals surface area contributed by atoms with E-state index in [2.05, 4.69) is 19.6 Å². The molecule has 2 radical (unpaired) electrons. The Hall–Kier alpha value is -0.520. The summed E-state index contributed by atoms with van der Waals surface area (Å²) in [5.74, 6) is 0. The van der Waals surface area contributed by atoms with Gasteiger partial charge in [0, 0.05) is 0 Å². The van der Waals surface area contributed by atoms with Crippen LogP contribution in [0.25, 0.3) is 0 Å². The summed E-state index contributed by atoms with van der Waals surface area (Å²) >= 11 is 0. The lowest BCUT2D eigenvalue weighted by molar-refractivity contribution is 1.40. The third-order valence-corrected chi connectivity index (χ3v) is 0.402. The van der Waals surface area contributed by atoms with Gasteiger partial charge in [0.05, 0.1) is 0 Å². The highest BCUT2D eigenvalue weighted by Gasteiger charge is 1.56. The quantitative estimate of drug-likeness (QED) is 0.443. The monoisotopic (exact) mass is 80.1 g/mol. The smallest absolute Gasteiger partial charge is 0.0265 e. The Morgan fingerprint density at radius 3 is 2.50 bits per heavy atom. The topological polar surface area (TPSA) is 0 Å². The molecular weight excluding hydrogens is 72.1 g/mol. The summed E-state index contributed by atoms with van der Waals surface area (Å²) in [5.41, 5.74) is 0. The minimum Gasteiger partial charge on any atom is -0.0912 e. The predicted octanol–water partition coefficient (Wildman–Crippen LogP) is 1.76. The first-order chi connectivity index (χ1) is 2.91. The van der Waals surface area contributed by atoms with Gasteiger partial charge in [0.15, 0.2) is 0 Å². The standard InChI is InChI=1S/C6H8/c1-3-5-6-4-2/h5-6H,1-3H2. The molecule has 0 aliphatic heterocycles. The lowest BCUT2D eigenvalue weighted by atomic mass is 10.4. The van der Waals surface area contributed by atoms with Crippen molar-refractivity contribution in [2.45, 2.75) is 6.42 Å². The SMILES string of the molecule is [CH2]CC=C[C]=C. The van der Waals surface area contributed by atoms with E-state index >= 15 is 0 Å². The van der Waals surface area contributed by atoms with Gasteiger partial charge in [-0.05, 0) is 19.4 Å². The van der Waals surface area contributed by atoms with Crippen LogP contribution in [-0.4, -0.2) is 0 Å². The molecule has 0 heteroatoms. The summed E-state index contributed by atoms with van der Waals surface area (Å²) in [5, 5.41) is 0. The first-order valence-corrected chi connectivity index (χ1v) is 1.88. The molecule has 0 nitrogen and oxygen atoms in total. The molecule has 32 valence electrons. The van der Waals surface area contributed by atoms with Crippen molar-refractivity contribution in [3.8, 4) is 0 Å². The van der Waals surface area contributed by atoms with Crippen molar-refractivity contribution in [3.63, 3.8) is 0 Å². The van der Waals surface area contributed by atoms with E-state index in [1.807, 2.05) is 6.08 Å².